The van der Waals surface area contributed by atoms with Crippen LogP contribution in [0.25, 0.3) is 5.69 Å². The molecule has 1 aliphatic heterocycles. The molecule has 2 heterocycles. The fraction of sp³-hybridized carbons (Fsp3) is 0.360. The molecule has 2 N–H and O–H groups in total. The summed E-state index contributed by atoms with van der Waals surface area (Å²) in [6.07, 6.45) is 4.39. The first-order chi connectivity index (χ1) is 15.9. The molecule has 3 atom stereocenters. The number of hydrogen-bond donors (Lipinski definition) is 2. The molecule has 0 unspecified atom stereocenters. The van der Waals surface area contributed by atoms with E-state index in [1.165, 1.54) is 6.92 Å². The van der Waals surface area contributed by atoms with Gasteiger partial charge in [0.25, 0.3) is 5.91 Å². The second-order valence-electron chi connectivity index (χ2n) is 8.74. The molecule has 8 nitrogen and oxygen atoms in total. The Morgan fingerprint density at radius 3 is 2.55 bits per heavy atom. The Hall–Kier alpha value is -3.52. The van der Waals surface area contributed by atoms with Gasteiger partial charge in [0.1, 0.15) is 12.7 Å². The number of nitrogens with zero attached hydrogens (tertiary/aromatic N) is 3. The molecule has 0 bridgehead atoms. The minimum Gasteiger partial charge on any atom is -0.370 e. The molecule has 3 aromatic rings. The molecule has 0 saturated carbocycles. The number of nitrogens with one attached hydrogen (secondary N) is 2. The number of para-hydroxylation sites is 1. The quantitative estimate of drug-likeness (QED) is 0.597. The predicted octanol–water partition coefficient (Wildman–Crippen LogP) is 3.90. The van der Waals surface area contributed by atoms with Crippen LogP contribution in [0, 0.1) is 5.92 Å². The normalized spacial score (nSPS) is 20.4. The number of hydrogen-bond acceptors (Lipinski definition) is 5. The summed E-state index contributed by atoms with van der Waals surface area (Å²) < 4.78 is 8.17. The maximum absolute atomic E-state index is 13.1. The number of ether oxygens (including phenoxy) is 1. The summed E-state index contributed by atoms with van der Waals surface area (Å²) in [6.45, 7) is 5.78. The van der Waals surface area contributed by atoms with Crippen molar-refractivity contribution in [2.75, 3.05) is 5.32 Å². The summed E-state index contributed by atoms with van der Waals surface area (Å²) in [7, 11) is 0. The smallest absolute Gasteiger partial charge is 0.255 e. The summed E-state index contributed by atoms with van der Waals surface area (Å²) in [5, 5.41) is 13.7. The van der Waals surface area contributed by atoms with E-state index in [1.807, 2.05) is 36.4 Å². The molecule has 2 amide bonds. The average Bonchev–Trinajstić information content (AvgIpc) is 3.34. The van der Waals surface area contributed by atoms with E-state index in [-0.39, 0.29) is 30.1 Å². The van der Waals surface area contributed by atoms with Crippen LogP contribution in [0.1, 0.15) is 55.6 Å². The molecule has 8 heteroatoms. The number of carbonyl (C=O) groups is 2. The van der Waals surface area contributed by atoms with E-state index in [1.54, 1.807) is 29.4 Å². The fourth-order valence-corrected chi connectivity index (χ4v) is 4.22. The number of carbonyl (C=O) groups excluding carboxylic acids is 2. The third-order valence-electron chi connectivity index (χ3n) is 5.89. The van der Waals surface area contributed by atoms with Crippen LogP contribution in [0.4, 0.5) is 5.69 Å². The number of amides is 2. The van der Waals surface area contributed by atoms with Gasteiger partial charge in [-0.1, -0.05) is 38.1 Å². The van der Waals surface area contributed by atoms with Crippen LogP contribution < -0.4 is 10.6 Å². The highest BCUT2D eigenvalue weighted by Gasteiger charge is 2.33. The lowest BCUT2D eigenvalue weighted by Crippen LogP contribution is -2.43. The lowest BCUT2D eigenvalue weighted by Gasteiger charge is -2.38. The van der Waals surface area contributed by atoms with Crippen LogP contribution in [-0.2, 0) is 9.53 Å². The largest absolute Gasteiger partial charge is 0.370 e. The lowest BCUT2D eigenvalue weighted by molar-refractivity contribution is -0.123. The molecule has 1 aromatic heterocycles. The Kier molecular flexibility index (Phi) is 6.84. The molecule has 0 spiro atoms. The van der Waals surface area contributed by atoms with E-state index in [0.29, 0.717) is 23.6 Å². The minimum absolute atomic E-state index is 0.0184. The minimum atomic E-state index is -0.233. The van der Waals surface area contributed by atoms with Crippen molar-refractivity contribution in [2.45, 2.75) is 51.9 Å². The second-order valence-corrected chi connectivity index (χ2v) is 8.74. The Bertz CT molecular complexity index is 1110. The van der Waals surface area contributed by atoms with Crippen molar-refractivity contribution in [1.82, 2.24) is 20.1 Å². The topological polar surface area (TPSA) is 98.1 Å². The zero-order valence-electron chi connectivity index (χ0n) is 19.1. The summed E-state index contributed by atoms with van der Waals surface area (Å²) in [6, 6.07) is 15.0. The van der Waals surface area contributed by atoms with Gasteiger partial charge in [-0.15, -0.1) is 10.2 Å². The van der Waals surface area contributed by atoms with Gasteiger partial charge in [0.2, 0.25) is 5.91 Å². The van der Waals surface area contributed by atoms with Gasteiger partial charge in [-0.25, -0.2) is 0 Å². The molecule has 1 aliphatic rings. The maximum atomic E-state index is 13.1. The highest BCUT2D eigenvalue weighted by molar-refractivity contribution is 6.05. The zero-order valence-corrected chi connectivity index (χ0v) is 19.1. The fourth-order valence-electron chi connectivity index (χ4n) is 4.22. The van der Waals surface area contributed by atoms with Gasteiger partial charge in [-0.05, 0) is 43.0 Å². The zero-order chi connectivity index (χ0) is 23.4. The van der Waals surface area contributed by atoms with Gasteiger partial charge in [-0.3, -0.25) is 14.2 Å². The van der Waals surface area contributed by atoms with E-state index in [4.69, 9.17) is 4.74 Å². The standard InChI is InChI=1S/C25H29N5O3/c1-16(2)23-12-19(28-17(3)31)13-24(33-23)21-9-4-5-10-22(21)29-25(32)18-7-6-8-20(11-18)30-14-26-27-15-30/h4-11,14-16,19,23-24H,12-13H2,1-3H3,(H,28,31)(H,29,32)/t19-,23-,24+/m1/s1. The summed E-state index contributed by atoms with van der Waals surface area (Å²) in [4.78, 5) is 24.8. The van der Waals surface area contributed by atoms with Gasteiger partial charge in [-0.2, -0.15) is 0 Å². The van der Waals surface area contributed by atoms with Crippen LogP contribution in [-0.4, -0.2) is 38.7 Å². The Morgan fingerprint density at radius 1 is 1.06 bits per heavy atom. The summed E-state index contributed by atoms with van der Waals surface area (Å²) in [5.74, 6) is 0.0518. The first-order valence-electron chi connectivity index (χ1n) is 11.2. The first-order valence-corrected chi connectivity index (χ1v) is 11.2. The van der Waals surface area contributed by atoms with Crippen molar-refractivity contribution in [3.63, 3.8) is 0 Å². The number of rotatable bonds is 6. The van der Waals surface area contributed by atoms with E-state index < -0.39 is 0 Å². The van der Waals surface area contributed by atoms with Crippen LogP contribution in [0.2, 0.25) is 0 Å². The average molecular weight is 448 g/mol. The number of benzene rings is 2. The van der Waals surface area contributed by atoms with Gasteiger partial charge in [0.15, 0.2) is 0 Å². The van der Waals surface area contributed by atoms with Crippen molar-refractivity contribution in [3.05, 3.63) is 72.3 Å². The van der Waals surface area contributed by atoms with Gasteiger partial charge >= 0.3 is 0 Å². The molecule has 4 rings (SSSR count). The van der Waals surface area contributed by atoms with E-state index in [2.05, 4.69) is 34.7 Å². The highest BCUT2D eigenvalue weighted by atomic mass is 16.5. The predicted molar refractivity (Wildman–Crippen MR) is 125 cm³/mol. The van der Waals surface area contributed by atoms with Gasteiger partial charge < -0.3 is 15.4 Å². The van der Waals surface area contributed by atoms with E-state index >= 15 is 0 Å². The SMILES string of the molecule is CC(=O)N[C@H]1C[C@@H](c2ccccc2NC(=O)c2cccc(-n3cnnc3)c2)O[C@@H](C(C)C)C1. The van der Waals surface area contributed by atoms with Crippen LogP contribution in [0.15, 0.2) is 61.2 Å². The third kappa shape index (κ3) is 5.46. The molecule has 2 aromatic carbocycles. The van der Waals surface area contributed by atoms with Crippen molar-refractivity contribution < 1.29 is 14.3 Å². The van der Waals surface area contributed by atoms with E-state index in [9.17, 15) is 9.59 Å². The van der Waals surface area contributed by atoms with Crippen molar-refractivity contribution >= 4 is 17.5 Å². The number of aromatic nitrogens is 3. The van der Waals surface area contributed by atoms with Gasteiger partial charge in [0, 0.05) is 35.5 Å². The molecular weight excluding hydrogens is 418 g/mol. The Labute approximate surface area is 193 Å². The molecular formula is C25H29N5O3. The second kappa shape index (κ2) is 9.95. The maximum Gasteiger partial charge on any atom is 0.255 e. The van der Waals surface area contributed by atoms with Crippen LogP contribution in [0.3, 0.4) is 0 Å². The Balaban J connectivity index is 1.56. The van der Waals surface area contributed by atoms with Crippen molar-refractivity contribution in [1.29, 1.82) is 0 Å². The molecule has 0 radical (unpaired) electrons. The molecule has 1 saturated heterocycles. The van der Waals surface area contributed by atoms with Crippen LogP contribution >= 0.6 is 0 Å². The molecule has 33 heavy (non-hydrogen) atoms. The van der Waals surface area contributed by atoms with Gasteiger partial charge in [0.05, 0.1) is 12.2 Å². The Morgan fingerprint density at radius 2 is 1.82 bits per heavy atom. The van der Waals surface area contributed by atoms with Crippen molar-refractivity contribution in [2.24, 2.45) is 5.92 Å². The summed E-state index contributed by atoms with van der Waals surface area (Å²) >= 11 is 0. The first kappa shape index (κ1) is 22.7. The number of anilines is 1. The molecule has 1 fully saturated rings. The highest BCUT2D eigenvalue weighted by Crippen LogP contribution is 2.37. The van der Waals surface area contributed by atoms with Crippen LogP contribution in [0.5, 0.6) is 0 Å². The third-order valence-corrected chi connectivity index (χ3v) is 5.89. The lowest BCUT2D eigenvalue weighted by atomic mass is 9.89. The molecule has 172 valence electrons. The summed E-state index contributed by atoms with van der Waals surface area (Å²) in [5.41, 5.74) is 2.93. The monoisotopic (exact) mass is 447 g/mol. The van der Waals surface area contributed by atoms with E-state index in [0.717, 1.165) is 17.7 Å². The van der Waals surface area contributed by atoms with Crippen molar-refractivity contribution in [3.8, 4) is 5.69 Å². The molecule has 0 aliphatic carbocycles.